The van der Waals surface area contributed by atoms with E-state index in [4.69, 9.17) is 5.73 Å². The maximum atomic E-state index is 5.94. The Hall–Kier alpha value is -0.680. The van der Waals surface area contributed by atoms with Crippen molar-refractivity contribution in [2.75, 3.05) is 18.0 Å². The highest BCUT2D eigenvalue weighted by Gasteiger charge is 2.23. The molecule has 1 fully saturated rings. The first-order valence-corrected chi connectivity index (χ1v) is 5.30. The molecule has 4 nitrogen and oxygen atoms in total. The van der Waals surface area contributed by atoms with Crippen molar-refractivity contribution in [3.05, 3.63) is 6.33 Å². The number of aromatic nitrogens is 2. The van der Waals surface area contributed by atoms with Crippen LogP contribution in [0.4, 0.5) is 5.13 Å². The Balaban J connectivity index is 2.07. The Morgan fingerprint density at radius 3 is 3.08 bits per heavy atom. The zero-order chi connectivity index (χ0) is 9.26. The molecule has 5 heteroatoms. The summed E-state index contributed by atoms with van der Waals surface area (Å²) < 4.78 is 4.00. The molecule has 0 amide bonds. The van der Waals surface area contributed by atoms with Gasteiger partial charge in [-0.2, -0.15) is 4.37 Å². The topological polar surface area (TPSA) is 55.0 Å². The second-order valence-corrected chi connectivity index (χ2v) is 4.49. The highest BCUT2D eigenvalue weighted by atomic mass is 32.1. The first-order chi connectivity index (χ1) is 6.25. The monoisotopic (exact) mass is 198 g/mol. The van der Waals surface area contributed by atoms with Crippen LogP contribution in [0.5, 0.6) is 0 Å². The van der Waals surface area contributed by atoms with Gasteiger partial charge in [-0.15, -0.1) is 0 Å². The molecule has 1 aliphatic heterocycles. The van der Waals surface area contributed by atoms with Crippen molar-refractivity contribution in [3.8, 4) is 0 Å². The van der Waals surface area contributed by atoms with E-state index in [1.54, 1.807) is 6.33 Å². The average molecular weight is 198 g/mol. The van der Waals surface area contributed by atoms with Crippen LogP contribution in [0.25, 0.3) is 0 Å². The van der Waals surface area contributed by atoms with Crippen LogP contribution in [-0.4, -0.2) is 28.5 Å². The third-order valence-electron chi connectivity index (χ3n) is 2.31. The van der Waals surface area contributed by atoms with Gasteiger partial charge in [0, 0.05) is 30.7 Å². The average Bonchev–Trinajstić information content (AvgIpc) is 2.53. The molecule has 2 N–H and O–H groups in total. The van der Waals surface area contributed by atoms with Crippen LogP contribution in [0.2, 0.25) is 0 Å². The van der Waals surface area contributed by atoms with Gasteiger partial charge >= 0.3 is 0 Å². The number of hydrogen-bond acceptors (Lipinski definition) is 5. The van der Waals surface area contributed by atoms with Crippen molar-refractivity contribution < 1.29 is 0 Å². The van der Waals surface area contributed by atoms with E-state index in [9.17, 15) is 0 Å². The van der Waals surface area contributed by atoms with Crippen LogP contribution in [0.1, 0.15) is 13.3 Å². The summed E-state index contributed by atoms with van der Waals surface area (Å²) in [7, 11) is 0. The summed E-state index contributed by atoms with van der Waals surface area (Å²) in [4.78, 5) is 6.42. The number of nitrogens with two attached hydrogens (primary N) is 1. The fraction of sp³-hybridized carbons (Fsp3) is 0.750. The highest BCUT2D eigenvalue weighted by Crippen LogP contribution is 2.22. The first kappa shape index (κ1) is 8.90. The van der Waals surface area contributed by atoms with Gasteiger partial charge in [-0.05, 0) is 12.3 Å². The van der Waals surface area contributed by atoms with E-state index < -0.39 is 0 Å². The van der Waals surface area contributed by atoms with E-state index in [1.807, 2.05) is 0 Å². The van der Waals surface area contributed by atoms with Crippen molar-refractivity contribution in [2.45, 2.75) is 19.4 Å². The standard InChI is InChI=1S/C8H14N4S/c1-6-2-7(9)4-12(3-6)8-10-5-11-13-8/h5-7H,2-4,9H2,1H3. The number of rotatable bonds is 1. The second kappa shape index (κ2) is 3.59. The van der Waals surface area contributed by atoms with Crippen molar-refractivity contribution >= 4 is 16.7 Å². The largest absolute Gasteiger partial charge is 0.345 e. The molecule has 0 radical (unpaired) electrons. The van der Waals surface area contributed by atoms with Gasteiger partial charge in [0.05, 0.1) is 0 Å². The van der Waals surface area contributed by atoms with Gasteiger partial charge in [0.2, 0.25) is 5.13 Å². The molecule has 0 aliphatic carbocycles. The van der Waals surface area contributed by atoms with Crippen molar-refractivity contribution in [1.82, 2.24) is 9.36 Å². The van der Waals surface area contributed by atoms with Gasteiger partial charge in [-0.25, -0.2) is 4.98 Å². The van der Waals surface area contributed by atoms with Crippen LogP contribution < -0.4 is 10.6 Å². The Labute approximate surface area is 81.9 Å². The molecule has 72 valence electrons. The van der Waals surface area contributed by atoms with E-state index in [1.165, 1.54) is 11.5 Å². The third-order valence-corrected chi connectivity index (χ3v) is 3.04. The molecule has 2 heterocycles. The van der Waals surface area contributed by atoms with E-state index in [-0.39, 0.29) is 6.04 Å². The number of anilines is 1. The molecule has 2 atom stereocenters. The SMILES string of the molecule is CC1CC(N)CN(c2ncns2)C1. The van der Waals surface area contributed by atoms with Crippen molar-refractivity contribution in [1.29, 1.82) is 0 Å². The predicted molar refractivity (Wildman–Crippen MR) is 53.9 cm³/mol. The van der Waals surface area contributed by atoms with E-state index in [0.717, 1.165) is 24.6 Å². The van der Waals surface area contributed by atoms with Crippen LogP contribution in [0.15, 0.2) is 6.33 Å². The molecule has 0 aromatic carbocycles. The Bertz CT molecular complexity index is 251. The summed E-state index contributed by atoms with van der Waals surface area (Å²) in [6.07, 6.45) is 2.72. The summed E-state index contributed by atoms with van der Waals surface area (Å²) >= 11 is 1.44. The Morgan fingerprint density at radius 1 is 1.62 bits per heavy atom. The van der Waals surface area contributed by atoms with Gasteiger partial charge in [0.15, 0.2) is 0 Å². The molecule has 1 aliphatic rings. The minimum absolute atomic E-state index is 0.285. The number of hydrogen-bond donors (Lipinski definition) is 1. The zero-order valence-corrected chi connectivity index (χ0v) is 8.50. The zero-order valence-electron chi connectivity index (χ0n) is 7.68. The molecular weight excluding hydrogens is 184 g/mol. The second-order valence-electron chi connectivity index (χ2n) is 3.73. The Morgan fingerprint density at radius 2 is 2.46 bits per heavy atom. The van der Waals surface area contributed by atoms with Crippen LogP contribution in [0, 0.1) is 5.92 Å². The quantitative estimate of drug-likeness (QED) is 0.722. The molecule has 1 aromatic heterocycles. The van der Waals surface area contributed by atoms with E-state index in [0.29, 0.717) is 5.92 Å². The molecule has 1 aromatic rings. The van der Waals surface area contributed by atoms with Gasteiger partial charge in [-0.3, -0.25) is 0 Å². The summed E-state index contributed by atoms with van der Waals surface area (Å²) in [5.74, 6) is 0.660. The third kappa shape index (κ3) is 1.97. The predicted octanol–water partition coefficient (Wildman–Crippen LogP) is 0.712. The molecular formula is C8H14N4S. The Kier molecular flexibility index (Phi) is 2.46. The molecule has 0 spiro atoms. The lowest BCUT2D eigenvalue weighted by Gasteiger charge is -2.34. The van der Waals surface area contributed by atoms with Crippen LogP contribution in [0.3, 0.4) is 0 Å². The summed E-state index contributed by atoms with van der Waals surface area (Å²) in [5, 5.41) is 1.00. The fourth-order valence-electron chi connectivity index (χ4n) is 1.86. The van der Waals surface area contributed by atoms with Crippen LogP contribution >= 0.6 is 11.5 Å². The lowest BCUT2D eigenvalue weighted by molar-refractivity contribution is 0.401. The molecule has 0 saturated carbocycles. The van der Waals surface area contributed by atoms with Crippen molar-refractivity contribution in [3.63, 3.8) is 0 Å². The normalized spacial score (nSPS) is 29.2. The van der Waals surface area contributed by atoms with Gasteiger partial charge in [0.1, 0.15) is 6.33 Å². The summed E-state index contributed by atoms with van der Waals surface area (Å²) in [6.45, 7) is 4.20. The van der Waals surface area contributed by atoms with Gasteiger partial charge < -0.3 is 10.6 Å². The number of piperidine rings is 1. The molecule has 1 saturated heterocycles. The van der Waals surface area contributed by atoms with Crippen LogP contribution in [-0.2, 0) is 0 Å². The van der Waals surface area contributed by atoms with Gasteiger partial charge in [0.25, 0.3) is 0 Å². The van der Waals surface area contributed by atoms with Gasteiger partial charge in [-0.1, -0.05) is 6.92 Å². The minimum Gasteiger partial charge on any atom is -0.345 e. The molecule has 2 unspecified atom stereocenters. The maximum absolute atomic E-state index is 5.94. The smallest absolute Gasteiger partial charge is 0.204 e. The first-order valence-electron chi connectivity index (χ1n) is 4.53. The maximum Gasteiger partial charge on any atom is 0.204 e. The summed E-state index contributed by atoms with van der Waals surface area (Å²) in [6, 6.07) is 0.285. The lowest BCUT2D eigenvalue weighted by atomic mass is 9.97. The van der Waals surface area contributed by atoms with E-state index in [2.05, 4.69) is 21.2 Å². The lowest BCUT2D eigenvalue weighted by Crippen LogP contribution is -2.46. The fourth-order valence-corrected chi connectivity index (χ4v) is 2.41. The molecule has 13 heavy (non-hydrogen) atoms. The van der Waals surface area contributed by atoms with E-state index >= 15 is 0 Å². The minimum atomic E-state index is 0.285. The highest BCUT2D eigenvalue weighted by molar-refractivity contribution is 7.09. The number of nitrogens with zero attached hydrogens (tertiary/aromatic N) is 3. The molecule has 0 bridgehead atoms. The summed E-state index contributed by atoms with van der Waals surface area (Å²) in [5.41, 5.74) is 5.94. The molecule has 2 rings (SSSR count). The van der Waals surface area contributed by atoms with Crippen molar-refractivity contribution in [2.24, 2.45) is 11.7 Å².